The Morgan fingerprint density at radius 3 is 2.62 bits per heavy atom. The van der Waals surface area contributed by atoms with Crippen molar-refractivity contribution in [1.82, 2.24) is 25.4 Å². The molecule has 0 saturated carbocycles. The minimum Gasteiger partial charge on any atom is -0.367 e. The summed E-state index contributed by atoms with van der Waals surface area (Å²) in [6.07, 6.45) is 2.45. The number of anilines is 1. The van der Waals surface area contributed by atoms with Gasteiger partial charge in [0.2, 0.25) is 0 Å². The normalized spacial score (nSPS) is 12.3. The number of halogens is 3. The molecule has 0 amide bonds. The summed E-state index contributed by atoms with van der Waals surface area (Å²) >= 11 is 12.0. The van der Waals surface area contributed by atoms with E-state index in [1.807, 2.05) is 18.7 Å². The van der Waals surface area contributed by atoms with Crippen LogP contribution in [0.3, 0.4) is 0 Å². The molecule has 2 aromatic rings. The number of rotatable bonds is 8. The molecular weight excluding hydrogens is 524 g/mol. The zero-order valence-electron chi connectivity index (χ0n) is 17.5. The summed E-state index contributed by atoms with van der Waals surface area (Å²) in [7, 11) is 1.98. The van der Waals surface area contributed by atoms with Crippen LogP contribution in [0, 0.1) is 13.8 Å². The minimum atomic E-state index is 0. The third-order valence-corrected chi connectivity index (χ3v) is 4.87. The standard InChI is InChI=1S/C19H29Cl2N7.HI/c1-6-22-19(24-8-7-23-18-17(21)10-15(20)11-25-18)26-12(2)9-16-13(3)27-28(5)14(16)4;/h10-12H,6-9H2,1-5H3,(H,23,25)(H2,22,24,26);1H. The van der Waals surface area contributed by atoms with Gasteiger partial charge in [-0.15, -0.1) is 24.0 Å². The van der Waals surface area contributed by atoms with Gasteiger partial charge in [0.1, 0.15) is 5.82 Å². The van der Waals surface area contributed by atoms with Gasteiger partial charge in [-0.05, 0) is 45.7 Å². The monoisotopic (exact) mass is 553 g/mol. The molecule has 10 heteroatoms. The molecule has 0 radical (unpaired) electrons. The summed E-state index contributed by atoms with van der Waals surface area (Å²) in [4.78, 5) is 8.80. The fourth-order valence-electron chi connectivity index (χ4n) is 2.91. The first-order valence-electron chi connectivity index (χ1n) is 9.40. The van der Waals surface area contributed by atoms with Crippen LogP contribution in [0.4, 0.5) is 5.82 Å². The number of hydrogen-bond acceptors (Lipinski definition) is 4. The van der Waals surface area contributed by atoms with Gasteiger partial charge in [0, 0.05) is 38.1 Å². The Balaban J connectivity index is 0.00000420. The van der Waals surface area contributed by atoms with Gasteiger partial charge in [-0.25, -0.2) is 4.98 Å². The first-order chi connectivity index (χ1) is 13.3. The van der Waals surface area contributed by atoms with E-state index >= 15 is 0 Å². The number of aromatic nitrogens is 3. The van der Waals surface area contributed by atoms with E-state index in [0.717, 1.165) is 24.6 Å². The molecule has 0 aromatic carbocycles. The zero-order valence-corrected chi connectivity index (χ0v) is 21.4. The maximum absolute atomic E-state index is 6.12. The van der Waals surface area contributed by atoms with E-state index in [1.54, 1.807) is 12.3 Å². The van der Waals surface area contributed by atoms with Crippen molar-refractivity contribution in [3.05, 3.63) is 39.3 Å². The molecule has 0 aliphatic rings. The van der Waals surface area contributed by atoms with Crippen molar-refractivity contribution in [2.24, 2.45) is 12.0 Å². The number of guanidine groups is 1. The second kappa shape index (κ2) is 12.4. The average molecular weight is 554 g/mol. The quantitative estimate of drug-likeness (QED) is 0.200. The first kappa shape index (κ1) is 25.8. The third kappa shape index (κ3) is 7.82. The molecule has 2 heterocycles. The molecule has 0 fully saturated rings. The van der Waals surface area contributed by atoms with E-state index in [1.165, 1.54) is 11.3 Å². The van der Waals surface area contributed by atoms with Crippen LogP contribution in [0.1, 0.15) is 30.8 Å². The Hall–Kier alpha value is -1.26. The fraction of sp³-hybridized carbons (Fsp3) is 0.526. The molecule has 3 N–H and O–H groups in total. The molecule has 2 aromatic heterocycles. The van der Waals surface area contributed by atoms with E-state index < -0.39 is 0 Å². The topological polar surface area (TPSA) is 79.2 Å². The van der Waals surface area contributed by atoms with Crippen molar-refractivity contribution in [2.45, 2.75) is 40.2 Å². The van der Waals surface area contributed by atoms with Crippen molar-refractivity contribution < 1.29 is 0 Å². The summed E-state index contributed by atoms with van der Waals surface area (Å²) in [5.74, 6) is 1.39. The number of pyridine rings is 1. The zero-order chi connectivity index (χ0) is 20.7. The smallest absolute Gasteiger partial charge is 0.191 e. The van der Waals surface area contributed by atoms with Crippen molar-refractivity contribution in [3.8, 4) is 0 Å². The van der Waals surface area contributed by atoms with Crippen LogP contribution in [0.5, 0.6) is 0 Å². The number of aryl methyl sites for hydroxylation is 2. The van der Waals surface area contributed by atoms with Gasteiger partial charge < -0.3 is 16.0 Å². The Kier molecular flexibility index (Phi) is 11.1. The summed E-state index contributed by atoms with van der Waals surface area (Å²) in [6.45, 7) is 10.3. The van der Waals surface area contributed by atoms with E-state index in [-0.39, 0.29) is 30.0 Å². The highest BCUT2D eigenvalue weighted by atomic mass is 127. The highest BCUT2D eigenvalue weighted by Crippen LogP contribution is 2.22. The van der Waals surface area contributed by atoms with Crippen molar-refractivity contribution >= 4 is 59.0 Å². The predicted molar refractivity (Wildman–Crippen MR) is 133 cm³/mol. The van der Waals surface area contributed by atoms with Crippen molar-refractivity contribution in [1.29, 1.82) is 0 Å². The van der Waals surface area contributed by atoms with E-state index in [0.29, 0.717) is 29.0 Å². The van der Waals surface area contributed by atoms with Crippen LogP contribution in [0.25, 0.3) is 0 Å². The largest absolute Gasteiger partial charge is 0.367 e. The lowest BCUT2D eigenvalue weighted by atomic mass is 10.1. The first-order valence-corrected chi connectivity index (χ1v) is 10.2. The van der Waals surface area contributed by atoms with Gasteiger partial charge in [0.25, 0.3) is 0 Å². The summed E-state index contributed by atoms with van der Waals surface area (Å²) in [5.41, 5.74) is 3.56. The molecule has 0 bridgehead atoms. The van der Waals surface area contributed by atoms with Gasteiger partial charge in [-0.2, -0.15) is 5.10 Å². The molecule has 2 rings (SSSR count). The lowest BCUT2D eigenvalue weighted by Gasteiger charge is -2.18. The second-order valence-corrected chi connectivity index (χ2v) is 7.54. The Bertz CT molecular complexity index is 823. The van der Waals surface area contributed by atoms with Gasteiger partial charge in [-0.1, -0.05) is 23.2 Å². The number of nitrogens with zero attached hydrogens (tertiary/aromatic N) is 4. The SMILES string of the molecule is CCNC(=NCCNc1ncc(Cl)cc1Cl)NC(C)Cc1c(C)nn(C)c1C.I. The maximum atomic E-state index is 6.12. The van der Waals surface area contributed by atoms with Gasteiger partial charge >= 0.3 is 0 Å². The maximum Gasteiger partial charge on any atom is 0.191 e. The molecule has 0 aliphatic carbocycles. The lowest BCUT2D eigenvalue weighted by Crippen LogP contribution is -2.43. The van der Waals surface area contributed by atoms with Crippen LogP contribution in [0.15, 0.2) is 17.3 Å². The van der Waals surface area contributed by atoms with Crippen LogP contribution >= 0.6 is 47.2 Å². The van der Waals surface area contributed by atoms with Crippen LogP contribution in [0.2, 0.25) is 10.0 Å². The number of hydrogen-bond donors (Lipinski definition) is 3. The van der Waals surface area contributed by atoms with E-state index in [9.17, 15) is 0 Å². The lowest BCUT2D eigenvalue weighted by molar-refractivity contribution is 0.636. The van der Waals surface area contributed by atoms with Gasteiger partial charge in [0.15, 0.2) is 5.96 Å². The molecule has 0 spiro atoms. The molecule has 0 saturated heterocycles. The summed E-state index contributed by atoms with van der Waals surface area (Å²) in [6, 6.07) is 1.89. The fourth-order valence-corrected chi connectivity index (χ4v) is 3.36. The number of nitrogens with one attached hydrogen (secondary N) is 3. The van der Waals surface area contributed by atoms with Crippen LogP contribution in [-0.4, -0.2) is 46.4 Å². The summed E-state index contributed by atoms with van der Waals surface area (Å²) < 4.78 is 1.93. The molecule has 1 atom stereocenters. The van der Waals surface area contributed by atoms with Crippen LogP contribution in [-0.2, 0) is 13.5 Å². The minimum absolute atomic E-state index is 0. The third-order valence-electron chi connectivity index (χ3n) is 4.38. The predicted octanol–water partition coefficient (Wildman–Crippen LogP) is 3.95. The molecule has 0 aliphatic heterocycles. The second-order valence-electron chi connectivity index (χ2n) is 6.69. The van der Waals surface area contributed by atoms with Gasteiger partial charge in [-0.3, -0.25) is 9.67 Å². The highest BCUT2D eigenvalue weighted by Gasteiger charge is 2.14. The van der Waals surface area contributed by atoms with Crippen molar-refractivity contribution in [2.75, 3.05) is 25.0 Å². The van der Waals surface area contributed by atoms with Crippen LogP contribution < -0.4 is 16.0 Å². The van der Waals surface area contributed by atoms with Crippen molar-refractivity contribution in [3.63, 3.8) is 0 Å². The Labute approximate surface area is 200 Å². The number of aliphatic imine (C=N–C) groups is 1. The van der Waals surface area contributed by atoms with Gasteiger partial charge in [0.05, 0.1) is 22.3 Å². The average Bonchev–Trinajstić information content (AvgIpc) is 2.86. The Morgan fingerprint density at radius 2 is 2.03 bits per heavy atom. The Morgan fingerprint density at radius 1 is 1.31 bits per heavy atom. The van der Waals surface area contributed by atoms with E-state index in [4.69, 9.17) is 23.2 Å². The molecule has 1 unspecified atom stereocenters. The molecule has 29 heavy (non-hydrogen) atoms. The van der Waals surface area contributed by atoms with E-state index in [2.05, 4.69) is 51.8 Å². The molecule has 162 valence electrons. The highest BCUT2D eigenvalue weighted by molar-refractivity contribution is 14.0. The summed E-state index contributed by atoms with van der Waals surface area (Å²) in [5, 5.41) is 15.4. The molecule has 7 nitrogen and oxygen atoms in total. The molecular formula is C19H30Cl2IN7.